The summed E-state index contributed by atoms with van der Waals surface area (Å²) in [4.78, 5) is 26.2. The maximum absolute atomic E-state index is 13.1. The van der Waals surface area contributed by atoms with Gasteiger partial charge in [-0.1, -0.05) is 55.7 Å². The molecule has 4 aromatic rings. The molecule has 1 aliphatic rings. The number of Topliss-reactive ketones (excluding diaryl/α,β-unsaturated/α-hetero) is 1. The lowest BCUT2D eigenvalue weighted by molar-refractivity contribution is 0.0445. The molecule has 1 aliphatic carbocycles. The summed E-state index contributed by atoms with van der Waals surface area (Å²) >= 11 is 1.89. The van der Waals surface area contributed by atoms with Crippen molar-refractivity contribution in [3.05, 3.63) is 88.9 Å². The fourth-order valence-electron chi connectivity index (χ4n) is 5.13. The van der Waals surface area contributed by atoms with Crippen molar-refractivity contribution in [2.75, 3.05) is 6.61 Å². The van der Waals surface area contributed by atoms with E-state index >= 15 is 0 Å². The average molecular weight is 502 g/mol. The Balaban J connectivity index is 1.32. The van der Waals surface area contributed by atoms with Crippen LogP contribution in [0.1, 0.15) is 70.0 Å². The predicted molar refractivity (Wildman–Crippen MR) is 144 cm³/mol. The summed E-state index contributed by atoms with van der Waals surface area (Å²) in [6.45, 7) is 3.55. The second-order valence-electron chi connectivity index (χ2n) is 9.43. The molecule has 0 unspecified atom stereocenters. The quantitative estimate of drug-likeness (QED) is 0.185. The molecule has 0 saturated heterocycles. The SMILES string of the molecule is Cc1cc(C(=O)COC(=O)c2oc3ccccc3c2CSC2CCCCC2)c(C)n1-c1ccccc1. The van der Waals surface area contributed by atoms with E-state index in [0.717, 1.165) is 28.0 Å². The molecule has 0 amide bonds. The van der Waals surface area contributed by atoms with Gasteiger partial charge in [0, 0.05) is 44.6 Å². The minimum absolute atomic E-state index is 0.210. The van der Waals surface area contributed by atoms with Crippen molar-refractivity contribution in [3.8, 4) is 5.69 Å². The van der Waals surface area contributed by atoms with Gasteiger partial charge in [-0.2, -0.15) is 11.8 Å². The monoisotopic (exact) mass is 501 g/mol. The van der Waals surface area contributed by atoms with Crippen molar-refractivity contribution in [2.45, 2.75) is 57.0 Å². The number of hydrogen-bond acceptors (Lipinski definition) is 5. The Bertz CT molecular complexity index is 1380. The van der Waals surface area contributed by atoms with E-state index in [9.17, 15) is 9.59 Å². The number of ketones is 1. The first-order valence-corrected chi connectivity index (χ1v) is 13.6. The number of nitrogens with zero attached hydrogens (tertiary/aromatic N) is 1. The summed E-state index contributed by atoms with van der Waals surface area (Å²) in [5, 5.41) is 1.54. The number of rotatable bonds is 8. The van der Waals surface area contributed by atoms with Crippen LogP contribution in [0.15, 0.2) is 65.1 Å². The van der Waals surface area contributed by atoms with Gasteiger partial charge >= 0.3 is 5.97 Å². The third-order valence-electron chi connectivity index (χ3n) is 6.98. The fraction of sp³-hybridized carbons (Fsp3) is 0.333. The normalized spacial score (nSPS) is 14.3. The number of carbonyl (C=O) groups excluding carboxylic acids is 2. The Hall–Kier alpha value is -3.25. The maximum atomic E-state index is 13.1. The van der Waals surface area contributed by atoms with Crippen LogP contribution in [0.4, 0.5) is 0 Å². The van der Waals surface area contributed by atoms with Gasteiger partial charge in [-0.15, -0.1) is 0 Å². The molecule has 0 bridgehead atoms. The maximum Gasteiger partial charge on any atom is 0.375 e. The largest absolute Gasteiger partial charge is 0.451 e. The van der Waals surface area contributed by atoms with Gasteiger partial charge in [0.25, 0.3) is 0 Å². The van der Waals surface area contributed by atoms with Crippen LogP contribution in [0.25, 0.3) is 16.7 Å². The van der Waals surface area contributed by atoms with Gasteiger partial charge < -0.3 is 13.7 Å². The number of benzene rings is 2. The molecule has 0 atom stereocenters. The van der Waals surface area contributed by atoms with Crippen LogP contribution in [-0.4, -0.2) is 28.2 Å². The molecule has 36 heavy (non-hydrogen) atoms. The number of thioether (sulfide) groups is 1. The molecule has 186 valence electrons. The van der Waals surface area contributed by atoms with E-state index in [1.807, 2.05) is 90.8 Å². The summed E-state index contributed by atoms with van der Waals surface area (Å²) in [5.41, 5.74) is 4.86. The first-order valence-electron chi connectivity index (χ1n) is 12.6. The molecule has 1 saturated carbocycles. The van der Waals surface area contributed by atoms with Crippen LogP contribution < -0.4 is 0 Å². The van der Waals surface area contributed by atoms with Gasteiger partial charge in [-0.25, -0.2) is 4.79 Å². The number of fused-ring (bicyclic) bond motifs is 1. The van der Waals surface area contributed by atoms with E-state index in [0.29, 0.717) is 22.1 Å². The fourth-order valence-corrected chi connectivity index (χ4v) is 6.49. The molecule has 5 nitrogen and oxygen atoms in total. The Morgan fingerprint density at radius 1 is 1.00 bits per heavy atom. The highest BCUT2D eigenvalue weighted by molar-refractivity contribution is 7.99. The van der Waals surface area contributed by atoms with Crippen molar-refractivity contribution in [1.29, 1.82) is 0 Å². The number of hydrogen-bond donors (Lipinski definition) is 0. The van der Waals surface area contributed by atoms with Gasteiger partial charge in [0.1, 0.15) is 5.58 Å². The highest BCUT2D eigenvalue weighted by Crippen LogP contribution is 2.35. The topological polar surface area (TPSA) is 61.4 Å². The lowest BCUT2D eigenvalue weighted by Crippen LogP contribution is -2.15. The van der Waals surface area contributed by atoms with Crippen molar-refractivity contribution < 1.29 is 18.7 Å². The zero-order chi connectivity index (χ0) is 25.1. The van der Waals surface area contributed by atoms with E-state index in [-0.39, 0.29) is 18.2 Å². The summed E-state index contributed by atoms with van der Waals surface area (Å²) < 4.78 is 13.5. The highest BCUT2D eigenvalue weighted by atomic mass is 32.2. The van der Waals surface area contributed by atoms with Gasteiger partial charge in [0.05, 0.1) is 0 Å². The summed E-state index contributed by atoms with van der Waals surface area (Å²) in [5.74, 6) is 0.0868. The van der Waals surface area contributed by atoms with Crippen LogP contribution in [-0.2, 0) is 10.5 Å². The molecule has 2 aromatic carbocycles. The number of aromatic nitrogens is 1. The lowest BCUT2D eigenvalue weighted by atomic mass is 10.0. The standard InChI is InChI=1S/C30H31NO4S/c1-20-17-25(21(2)31(20)22-11-5-3-6-12-22)27(32)18-34-30(33)29-26(19-36-23-13-7-4-8-14-23)24-15-9-10-16-28(24)35-29/h3,5-6,9-12,15-17,23H,4,7-8,13-14,18-19H2,1-2H3. The molecule has 0 N–H and O–H groups in total. The molecule has 2 heterocycles. The number of ether oxygens (including phenoxy) is 1. The molecular weight excluding hydrogens is 470 g/mol. The van der Waals surface area contributed by atoms with Crippen LogP contribution in [0, 0.1) is 13.8 Å². The molecular formula is C30H31NO4S. The van der Waals surface area contributed by atoms with Crippen LogP contribution in [0.2, 0.25) is 0 Å². The Labute approximate surface area is 215 Å². The number of aryl methyl sites for hydroxylation is 1. The zero-order valence-corrected chi connectivity index (χ0v) is 21.6. The average Bonchev–Trinajstić information content (AvgIpc) is 3.43. The summed E-state index contributed by atoms with van der Waals surface area (Å²) in [7, 11) is 0. The Morgan fingerprint density at radius 3 is 2.50 bits per heavy atom. The van der Waals surface area contributed by atoms with Crippen LogP contribution in [0.3, 0.4) is 0 Å². The van der Waals surface area contributed by atoms with Gasteiger partial charge in [-0.3, -0.25) is 4.79 Å². The minimum atomic E-state index is -0.587. The van der Waals surface area contributed by atoms with Gasteiger partial charge in [0.15, 0.2) is 6.61 Å². The Kier molecular flexibility index (Phi) is 7.33. The van der Waals surface area contributed by atoms with Crippen LogP contribution in [0.5, 0.6) is 0 Å². The smallest absolute Gasteiger partial charge is 0.375 e. The first-order chi connectivity index (χ1) is 17.5. The number of esters is 1. The summed E-state index contributed by atoms with van der Waals surface area (Å²) in [6.07, 6.45) is 6.29. The molecule has 0 radical (unpaired) electrons. The number of furan rings is 1. The predicted octanol–water partition coefficient (Wildman–Crippen LogP) is 7.45. The molecule has 0 aliphatic heterocycles. The van der Waals surface area contributed by atoms with E-state index in [1.54, 1.807) is 0 Å². The third kappa shape index (κ3) is 5.00. The lowest BCUT2D eigenvalue weighted by Gasteiger charge is -2.20. The van der Waals surface area contributed by atoms with Crippen LogP contribution >= 0.6 is 11.8 Å². The van der Waals surface area contributed by atoms with Gasteiger partial charge in [-0.05, 0) is 51.0 Å². The second-order valence-corrected chi connectivity index (χ2v) is 10.7. The molecule has 1 fully saturated rings. The molecule has 5 rings (SSSR count). The second kappa shape index (κ2) is 10.8. The van der Waals surface area contributed by atoms with Crippen molar-refractivity contribution in [1.82, 2.24) is 4.57 Å². The van der Waals surface area contributed by atoms with Crippen molar-refractivity contribution in [2.24, 2.45) is 0 Å². The van der Waals surface area contributed by atoms with E-state index < -0.39 is 5.97 Å². The molecule has 6 heteroatoms. The third-order valence-corrected chi connectivity index (χ3v) is 8.38. The highest BCUT2D eigenvalue weighted by Gasteiger charge is 2.25. The minimum Gasteiger partial charge on any atom is -0.451 e. The van der Waals surface area contributed by atoms with E-state index in [4.69, 9.17) is 9.15 Å². The van der Waals surface area contributed by atoms with E-state index in [2.05, 4.69) is 0 Å². The van der Waals surface area contributed by atoms with Gasteiger partial charge in [0.2, 0.25) is 11.5 Å². The zero-order valence-electron chi connectivity index (χ0n) is 20.8. The first kappa shape index (κ1) is 24.4. The molecule has 2 aromatic heterocycles. The number of para-hydroxylation sites is 2. The van der Waals surface area contributed by atoms with E-state index in [1.165, 1.54) is 32.1 Å². The molecule has 0 spiro atoms. The number of carbonyl (C=O) groups is 2. The summed E-state index contributed by atoms with van der Waals surface area (Å²) in [6, 6.07) is 19.4. The van der Waals surface area contributed by atoms with Crippen molar-refractivity contribution in [3.63, 3.8) is 0 Å². The Morgan fingerprint density at radius 2 is 1.72 bits per heavy atom. The van der Waals surface area contributed by atoms with Crippen molar-refractivity contribution >= 4 is 34.5 Å².